The van der Waals surface area contributed by atoms with Crippen molar-refractivity contribution < 1.29 is 18.7 Å². The summed E-state index contributed by atoms with van der Waals surface area (Å²) in [6, 6.07) is 16.6. The smallest absolute Gasteiger partial charge is 0.411 e. The van der Waals surface area contributed by atoms with Crippen molar-refractivity contribution in [2.24, 2.45) is 0 Å². The lowest BCUT2D eigenvalue weighted by atomic mass is 10.2. The first-order valence-corrected chi connectivity index (χ1v) is 9.74. The van der Waals surface area contributed by atoms with Crippen LogP contribution in [0.4, 0.5) is 14.9 Å². The summed E-state index contributed by atoms with van der Waals surface area (Å²) in [6.07, 6.45) is 4.54. The second kappa shape index (κ2) is 9.17. The van der Waals surface area contributed by atoms with Crippen molar-refractivity contribution in [3.8, 4) is 11.5 Å². The number of ether oxygens (including phenoxy) is 1. The largest absolute Gasteiger partial charge is 0.453 e. The van der Waals surface area contributed by atoms with Gasteiger partial charge >= 0.3 is 6.09 Å². The average molecular weight is 433 g/mol. The summed E-state index contributed by atoms with van der Waals surface area (Å²) >= 11 is 0. The van der Waals surface area contributed by atoms with Gasteiger partial charge in [-0.3, -0.25) is 10.1 Å². The molecule has 4 rings (SSSR count). The number of carbonyl (C=O) groups excluding carboxylic acids is 2. The van der Waals surface area contributed by atoms with Gasteiger partial charge in [-0.15, -0.1) is 0 Å². The van der Waals surface area contributed by atoms with Crippen LogP contribution in [-0.4, -0.2) is 33.5 Å². The lowest BCUT2D eigenvalue weighted by Crippen LogP contribution is -2.24. The Morgan fingerprint density at radius 2 is 1.72 bits per heavy atom. The van der Waals surface area contributed by atoms with Crippen molar-refractivity contribution in [1.29, 1.82) is 0 Å². The van der Waals surface area contributed by atoms with E-state index < -0.39 is 6.09 Å². The molecule has 2 N–H and O–H groups in total. The van der Waals surface area contributed by atoms with E-state index in [0.717, 1.165) is 5.56 Å². The molecule has 0 aliphatic rings. The number of benzene rings is 2. The second-order valence-electron chi connectivity index (χ2n) is 6.86. The highest BCUT2D eigenvalue weighted by atomic mass is 19.1. The molecule has 0 unspecified atom stereocenters. The zero-order valence-electron chi connectivity index (χ0n) is 17.2. The van der Waals surface area contributed by atoms with Crippen LogP contribution in [0.2, 0.25) is 0 Å². The van der Waals surface area contributed by atoms with Gasteiger partial charge in [0.15, 0.2) is 5.82 Å². The van der Waals surface area contributed by atoms with E-state index in [-0.39, 0.29) is 18.3 Å². The second-order valence-corrected chi connectivity index (χ2v) is 6.86. The lowest BCUT2D eigenvalue weighted by Gasteiger charge is -2.11. The van der Waals surface area contributed by atoms with Crippen molar-refractivity contribution in [1.82, 2.24) is 19.7 Å². The van der Waals surface area contributed by atoms with Gasteiger partial charge in [0.05, 0.1) is 19.0 Å². The highest BCUT2D eigenvalue weighted by Gasteiger charge is 2.19. The standard InChI is InChI=1S/C23H20FN5O3/c1-32-23(31)27-18-8-4-16(5-9-18)14-25-21(30)20-15-26-29(19-10-6-17(24)7-11-19)22(20)28-12-2-3-13-28/h2-13,15H,14H2,1H3,(H,25,30)(H,27,31). The summed E-state index contributed by atoms with van der Waals surface area (Å²) < 4.78 is 21.3. The molecular weight excluding hydrogens is 413 g/mol. The van der Waals surface area contributed by atoms with Gasteiger partial charge in [0.25, 0.3) is 5.91 Å². The predicted molar refractivity (Wildman–Crippen MR) is 116 cm³/mol. The first-order valence-electron chi connectivity index (χ1n) is 9.74. The molecule has 9 heteroatoms. The van der Waals surface area contributed by atoms with Crippen molar-refractivity contribution in [2.45, 2.75) is 6.54 Å². The van der Waals surface area contributed by atoms with Crippen LogP contribution in [0.5, 0.6) is 0 Å². The van der Waals surface area contributed by atoms with E-state index in [1.165, 1.54) is 25.4 Å². The fourth-order valence-electron chi connectivity index (χ4n) is 3.15. The molecule has 2 aromatic carbocycles. The van der Waals surface area contributed by atoms with E-state index in [0.29, 0.717) is 22.8 Å². The molecule has 0 saturated carbocycles. The van der Waals surface area contributed by atoms with Crippen molar-refractivity contribution >= 4 is 17.7 Å². The number of nitrogens with one attached hydrogen (secondary N) is 2. The molecular formula is C23H20FN5O3. The van der Waals surface area contributed by atoms with Gasteiger partial charge in [-0.1, -0.05) is 12.1 Å². The highest BCUT2D eigenvalue weighted by molar-refractivity contribution is 5.97. The Morgan fingerprint density at radius 1 is 1.03 bits per heavy atom. The molecule has 162 valence electrons. The number of rotatable bonds is 6. The normalized spacial score (nSPS) is 10.6. The number of carbonyl (C=O) groups is 2. The van der Waals surface area contributed by atoms with E-state index in [4.69, 9.17) is 0 Å². The molecule has 0 fully saturated rings. The fourth-order valence-corrected chi connectivity index (χ4v) is 3.15. The van der Waals surface area contributed by atoms with Crippen LogP contribution < -0.4 is 10.6 Å². The fraction of sp³-hybridized carbons (Fsp3) is 0.0870. The Bertz CT molecular complexity index is 1220. The van der Waals surface area contributed by atoms with Crippen LogP contribution in [0.3, 0.4) is 0 Å². The summed E-state index contributed by atoms with van der Waals surface area (Å²) in [5, 5.41) is 9.81. The number of anilines is 1. The minimum atomic E-state index is -0.554. The van der Waals surface area contributed by atoms with E-state index in [1.807, 2.05) is 12.1 Å². The van der Waals surface area contributed by atoms with Crippen molar-refractivity contribution in [3.05, 3.63) is 96.2 Å². The first-order chi connectivity index (χ1) is 15.5. The number of halogens is 1. The predicted octanol–water partition coefficient (Wildman–Crippen LogP) is 3.91. The Labute approximate surface area is 183 Å². The Balaban J connectivity index is 1.54. The zero-order chi connectivity index (χ0) is 22.5. The molecule has 2 amide bonds. The summed E-state index contributed by atoms with van der Waals surface area (Å²) in [5.74, 6) is -0.121. The van der Waals surface area contributed by atoms with Crippen LogP contribution in [0, 0.1) is 5.82 Å². The molecule has 0 bridgehead atoms. The molecule has 4 aromatic rings. The van der Waals surface area contributed by atoms with Gasteiger partial charge in [0, 0.05) is 24.6 Å². The van der Waals surface area contributed by atoms with Crippen LogP contribution in [0.25, 0.3) is 11.5 Å². The molecule has 8 nitrogen and oxygen atoms in total. The topological polar surface area (TPSA) is 90.2 Å². The molecule has 0 saturated heterocycles. The SMILES string of the molecule is COC(=O)Nc1ccc(CNC(=O)c2cnn(-c3ccc(F)cc3)c2-n2cccc2)cc1. The number of nitrogens with zero attached hydrogens (tertiary/aromatic N) is 3. The molecule has 2 aromatic heterocycles. The van der Waals surface area contributed by atoms with Gasteiger partial charge in [-0.05, 0) is 54.1 Å². The minimum absolute atomic E-state index is 0.282. The quantitative estimate of drug-likeness (QED) is 0.482. The van der Waals surface area contributed by atoms with Crippen LogP contribution in [0.15, 0.2) is 79.3 Å². The molecule has 32 heavy (non-hydrogen) atoms. The molecule has 0 aliphatic carbocycles. The lowest BCUT2D eigenvalue weighted by molar-refractivity contribution is 0.0951. The Kier molecular flexibility index (Phi) is 5.98. The van der Waals surface area contributed by atoms with Crippen molar-refractivity contribution in [3.63, 3.8) is 0 Å². The van der Waals surface area contributed by atoms with Gasteiger partial charge in [0.1, 0.15) is 11.4 Å². The number of hydrogen-bond donors (Lipinski definition) is 2. The van der Waals surface area contributed by atoms with Gasteiger partial charge < -0.3 is 14.6 Å². The minimum Gasteiger partial charge on any atom is -0.453 e. The maximum atomic E-state index is 13.4. The maximum Gasteiger partial charge on any atom is 0.411 e. The monoisotopic (exact) mass is 433 g/mol. The van der Waals surface area contributed by atoms with Crippen LogP contribution in [0.1, 0.15) is 15.9 Å². The highest BCUT2D eigenvalue weighted by Crippen LogP contribution is 2.20. The molecule has 0 spiro atoms. The number of hydrogen-bond acceptors (Lipinski definition) is 4. The number of amides is 2. The number of methoxy groups -OCH3 is 1. The number of aromatic nitrogens is 3. The van der Waals surface area contributed by atoms with Gasteiger partial charge in [-0.25, -0.2) is 13.9 Å². The van der Waals surface area contributed by atoms with E-state index in [1.54, 1.807) is 58.0 Å². The molecule has 0 radical (unpaired) electrons. The third-order valence-electron chi connectivity index (χ3n) is 4.75. The van der Waals surface area contributed by atoms with Crippen LogP contribution in [-0.2, 0) is 11.3 Å². The molecule has 0 atom stereocenters. The third-order valence-corrected chi connectivity index (χ3v) is 4.75. The Hall–Kier alpha value is -4.40. The van der Waals surface area contributed by atoms with E-state index >= 15 is 0 Å². The third kappa shape index (κ3) is 4.51. The summed E-state index contributed by atoms with van der Waals surface area (Å²) in [4.78, 5) is 24.2. The summed E-state index contributed by atoms with van der Waals surface area (Å²) in [5.41, 5.74) is 2.43. The maximum absolute atomic E-state index is 13.4. The van der Waals surface area contributed by atoms with Crippen LogP contribution >= 0.6 is 0 Å². The summed E-state index contributed by atoms with van der Waals surface area (Å²) in [7, 11) is 1.29. The van der Waals surface area contributed by atoms with E-state index in [2.05, 4.69) is 20.5 Å². The Morgan fingerprint density at radius 3 is 2.38 bits per heavy atom. The molecule has 0 aliphatic heterocycles. The van der Waals surface area contributed by atoms with Gasteiger partial charge in [0.2, 0.25) is 0 Å². The van der Waals surface area contributed by atoms with Crippen molar-refractivity contribution in [2.75, 3.05) is 12.4 Å². The summed E-state index contributed by atoms with van der Waals surface area (Å²) in [6.45, 7) is 0.282. The zero-order valence-corrected chi connectivity index (χ0v) is 17.2. The average Bonchev–Trinajstić information content (AvgIpc) is 3.48. The first kappa shape index (κ1) is 20.9. The van der Waals surface area contributed by atoms with Gasteiger partial charge in [-0.2, -0.15) is 5.10 Å². The van der Waals surface area contributed by atoms with E-state index in [9.17, 15) is 14.0 Å². The molecule has 2 heterocycles.